The SMILES string of the molecule is CCn1c(Oc2ccc(F)cc2)nnc1[C@@H](C)NS(=O)(=O)c1ccc(-c2ccno2)s1. The molecule has 4 aromatic rings. The largest absolute Gasteiger partial charge is 0.424 e. The van der Waals surface area contributed by atoms with Gasteiger partial charge in [0.25, 0.3) is 10.0 Å². The molecule has 162 valence electrons. The molecule has 0 saturated carbocycles. The smallest absolute Gasteiger partial charge is 0.322 e. The predicted octanol–water partition coefficient (Wildman–Crippen LogP) is 3.99. The van der Waals surface area contributed by atoms with Crippen LogP contribution in [0.1, 0.15) is 25.7 Å². The quantitative estimate of drug-likeness (QED) is 0.420. The highest BCUT2D eigenvalue weighted by Crippen LogP contribution is 2.31. The molecule has 1 atom stereocenters. The first-order chi connectivity index (χ1) is 14.9. The van der Waals surface area contributed by atoms with Crippen LogP contribution in [0.2, 0.25) is 0 Å². The van der Waals surface area contributed by atoms with Crippen molar-refractivity contribution in [2.75, 3.05) is 0 Å². The summed E-state index contributed by atoms with van der Waals surface area (Å²) in [6.45, 7) is 3.97. The molecule has 9 nitrogen and oxygen atoms in total. The topological polar surface area (TPSA) is 112 Å². The third-order valence-corrected chi connectivity index (χ3v) is 7.46. The Morgan fingerprint density at radius 1 is 1.19 bits per heavy atom. The van der Waals surface area contributed by atoms with Crippen molar-refractivity contribution in [1.29, 1.82) is 0 Å². The van der Waals surface area contributed by atoms with E-state index in [1.807, 2.05) is 6.92 Å². The van der Waals surface area contributed by atoms with E-state index in [1.54, 1.807) is 23.6 Å². The Hall–Kier alpha value is -3.09. The molecule has 0 unspecified atom stereocenters. The van der Waals surface area contributed by atoms with Gasteiger partial charge in [0.2, 0.25) is 0 Å². The highest BCUT2D eigenvalue weighted by atomic mass is 32.2. The van der Waals surface area contributed by atoms with Gasteiger partial charge in [0.1, 0.15) is 15.8 Å². The molecule has 0 radical (unpaired) electrons. The van der Waals surface area contributed by atoms with Gasteiger partial charge in [-0.3, -0.25) is 4.57 Å². The molecular weight excluding hydrogens is 445 g/mol. The fraction of sp³-hybridized carbons (Fsp3) is 0.211. The highest BCUT2D eigenvalue weighted by molar-refractivity contribution is 7.91. The number of ether oxygens (including phenoxy) is 1. The number of nitrogens with zero attached hydrogens (tertiary/aromatic N) is 4. The third-order valence-electron chi connectivity index (χ3n) is 4.33. The fourth-order valence-corrected chi connectivity index (χ4v) is 5.37. The zero-order chi connectivity index (χ0) is 22.0. The molecule has 0 amide bonds. The zero-order valence-corrected chi connectivity index (χ0v) is 18.2. The molecule has 12 heteroatoms. The lowest BCUT2D eigenvalue weighted by Gasteiger charge is -2.14. The van der Waals surface area contributed by atoms with E-state index < -0.39 is 16.1 Å². The maximum absolute atomic E-state index is 13.1. The number of hydrogen-bond acceptors (Lipinski definition) is 8. The lowest BCUT2D eigenvalue weighted by atomic mass is 10.3. The van der Waals surface area contributed by atoms with Crippen molar-refractivity contribution in [3.8, 4) is 22.4 Å². The first-order valence-corrected chi connectivity index (χ1v) is 11.6. The molecule has 1 aromatic carbocycles. The average Bonchev–Trinajstić information content (AvgIpc) is 3.49. The van der Waals surface area contributed by atoms with E-state index in [9.17, 15) is 12.8 Å². The van der Waals surface area contributed by atoms with Crippen molar-refractivity contribution in [3.63, 3.8) is 0 Å². The molecule has 0 saturated heterocycles. The second-order valence-corrected chi connectivity index (χ2v) is 9.50. The number of nitrogens with one attached hydrogen (secondary N) is 1. The minimum atomic E-state index is -3.81. The number of rotatable bonds is 8. The summed E-state index contributed by atoms with van der Waals surface area (Å²) >= 11 is 1.07. The molecule has 31 heavy (non-hydrogen) atoms. The molecular formula is C19H18FN5O4S2. The van der Waals surface area contributed by atoms with Crippen LogP contribution in [0, 0.1) is 5.82 Å². The van der Waals surface area contributed by atoms with Gasteiger partial charge < -0.3 is 9.26 Å². The molecule has 0 fully saturated rings. The summed E-state index contributed by atoms with van der Waals surface area (Å²) in [6, 6.07) is 9.81. The molecule has 4 rings (SSSR count). The minimum Gasteiger partial charge on any atom is -0.424 e. The van der Waals surface area contributed by atoms with Crippen LogP contribution >= 0.6 is 11.3 Å². The van der Waals surface area contributed by atoms with Crippen molar-refractivity contribution in [3.05, 3.63) is 60.3 Å². The van der Waals surface area contributed by atoms with Gasteiger partial charge in [-0.15, -0.1) is 16.4 Å². The van der Waals surface area contributed by atoms with Gasteiger partial charge in [-0.1, -0.05) is 10.3 Å². The Labute approximate surface area is 181 Å². The maximum atomic E-state index is 13.1. The second-order valence-electron chi connectivity index (χ2n) is 6.48. The van der Waals surface area contributed by atoms with Crippen molar-refractivity contribution < 1.29 is 22.1 Å². The maximum Gasteiger partial charge on any atom is 0.322 e. The highest BCUT2D eigenvalue weighted by Gasteiger charge is 2.25. The summed E-state index contributed by atoms with van der Waals surface area (Å²) in [7, 11) is -3.81. The minimum absolute atomic E-state index is 0.135. The lowest BCUT2D eigenvalue weighted by molar-refractivity contribution is 0.407. The van der Waals surface area contributed by atoms with Gasteiger partial charge in [-0.2, -0.15) is 4.72 Å². The van der Waals surface area contributed by atoms with E-state index >= 15 is 0 Å². The van der Waals surface area contributed by atoms with E-state index in [0.717, 1.165) is 11.3 Å². The van der Waals surface area contributed by atoms with Crippen LogP contribution in [0.3, 0.4) is 0 Å². The molecule has 1 N–H and O–H groups in total. The van der Waals surface area contributed by atoms with Crippen LogP contribution in [0.4, 0.5) is 4.39 Å². The Morgan fingerprint density at radius 3 is 2.65 bits per heavy atom. The van der Waals surface area contributed by atoms with Crippen molar-refractivity contribution >= 4 is 21.4 Å². The first kappa shape index (κ1) is 21.2. The molecule has 0 spiro atoms. The fourth-order valence-electron chi connectivity index (χ4n) is 2.88. The Balaban J connectivity index is 1.53. The van der Waals surface area contributed by atoms with Crippen LogP contribution in [-0.2, 0) is 16.6 Å². The molecule has 0 aliphatic heterocycles. The molecule has 3 aromatic heterocycles. The summed E-state index contributed by atoms with van der Waals surface area (Å²) in [6.07, 6.45) is 1.49. The van der Waals surface area contributed by atoms with Crippen LogP contribution < -0.4 is 9.46 Å². The van der Waals surface area contributed by atoms with Gasteiger partial charge in [0.15, 0.2) is 11.6 Å². The molecule has 3 heterocycles. The Kier molecular flexibility index (Phi) is 5.85. The predicted molar refractivity (Wildman–Crippen MR) is 111 cm³/mol. The number of sulfonamides is 1. The summed E-state index contributed by atoms with van der Waals surface area (Å²) in [5.74, 6) is 0.887. The zero-order valence-electron chi connectivity index (χ0n) is 16.5. The average molecular weight is 464 g/mol. The van der Waals surface area contributed by atoms with Gasteiger partial charge in [-0.05, 0) is 50.2 Å². The van der Waals surface area contributed by atoms with Gasteiger partial charge in [0.05, 0.1) is 17.1 Å². The van der Waals surface area contributed by atoms with Crippen LogP contribution in [-0.4, -0.2) is 28.3 Å². The third kappa shape index (κ3) is 4.50. The summed E-state index contributed by atoms with van der Waals surface area (Å²) in [4.78, 5) is 0.650. The van der Waals surface area contributed by atoms with Gasteiger partial charge >= 0.3 is 6.01 Å². The van der Waals surface area contributed by atoms with Crippen molar-refractivity contribution in [2.24, 2.45) is 0 Å². The monoisotopic (exact) mass is 463 g/mol. The lowest BCUT2D eigenvalue weighted by Crippen LogP contribution is -2.28. The summed E-state index contributed by atoms with van der Waals surface area (Å²) in [5.41, 5.74) is 0. The normalized spacial score (nSPS) is 12.7. The number of halogens is 1. The Bertz CT molecular complexity index is 1270. The molecule has 0 aliphatic rings. The second kappa shape index (κ2) is 8.57. The van der Waals surface area contributed by atoms with Gasteiger partial charge in [0, 0.05) is 12.6 Å². The van der Waals surface area contributed by atoms with E-state index in [-0.39, 0.29) is 16.0 Å². The Morgan fingerprint density at radius 2 is 1.97 bits per heavy atom. The molecule has 0 aliphatic carbocycles. The van der Waals surface area contributed by atoms with Crippen LogP contribution in [0.25, 0.3) is 10.6 Å². The summed E-state index contributed by atoms with van der Waals surface area (Å²) < 4.78 is 54.0. The van der Waals surface area contributed by atoms with Crippen LogP contribution in [0.15, 0.2) is 57.4 Å². The number of aromatic nitrogens is 4. The first-order valence-electron chi connectivity index (χ1n) is 9.27. The van der Waals surface area contributed by atoms with Crippen LogP contribution in [0.5, 0.6) is 11.8 Å². The number of benzene rings is 1. The number of thiophene rings is 1. The number of hydrogen-bond donors (Lipinski definition) is 1. The van der Waals surface area contributed by atoms with E-state index in [1.165, 1.54) is 36.5 Å². The van der Waals surface area contributed by atoms with E-state index in [0.29, 0.717) is 28.8 Å². The summed E-state index contributed by atoms with van der Waals surface area (Å²) in [5, 5.41) is 11.7. The van der Waals surface area contributed by atoms with E-state index in [4.69, 9.17) is 9.26 Å². The van der Waals surface area contributed by atoms with Crippen molar-refractivity contribution in [1.82, 2.24) is 24.6 Å². The van der Waals surface area contributed by atoms with Gasteiger partial charge in [-0.25, -0.2) is 12.8 Å². The standard InChI is InChI=1S/C19H18FN5O4S2/c1-3-25-18(22-23-19(25)28-14-6-4-13(20)5-7-14)12(2)24-31(26,27)17-9-8-16(30-17)15-10-11-21-29-15/h4-12,24H,3H2,1-2H3/t12-/m1/s1. The van der Waals surface area contributed by atoms with Crippen molar-refractivity contribution in [2.45, 2.75) is 30.6 Å². The van der Waals surface area contributed by atoms with E-state index in [2.05, 4.69) is 20.1 Å². The molecule has 0 bridgehead atoms.